The molecule has 0 saturated carbocycles. The highest BCUT2D eigenvalue weighted by atomic mass is 35.5. The molecule has 112 valence electrons. The van der Waals surface area contributed by atoms with Crippen molar-refractivity contribution in [2.75, 3.05) is 5.32 Å². The molecule has 0 radical (unpaired) electrons. The molecule has 0 aliphatic rings. The van der Waals surface area contributed by atoms with Crippen molar-refractivity contribution in [1.29, 1.82) is 0 Å². The maximum absolute atomic E-state index is 12.3. The number of carbonyl (C=O) groups is 1. The molecule has 1 aromatic carbocycles. The van der Waals surface area contributed by atoms with Gasteiger partial charge in [0.05, 0.1) is 17.4 Å². The van der Waals surface area contributed by atoms with Crippen molar-refractivity contribution in [2.24, 2.45) is 11.1 Å². The second kappa shape index (κ2) is 5.87. The third-order valence-corrected chi connectivity index (χ3v) is 3.42. The van der Waals surface area contributed by atoms with Gasteiger partial charge in [-0.05, 0) is 29.7 Å². The third-order valence-electron chi connectivity index (χ3n) is 3.18. The van der Waals surface area contributed by atoms with Crippen LogP contribution in [0.25, 0.3) is 5.69 Å². The molecule has 1 aromatic heterocycles. The molecule has 21 heavy (non-hydrogen) atoms. The van der Waals surface area contributed by atoms with E-state index >= 15 is 0 Å². The van der Waals surface area contributed by atoms with Gasteiger partial charge in [-0.25, -0.2) is 4.68 Å². The topological polar surface area (TPSA) is 72.9 Å². The lowest BCUT2D eigenvalue weighted by molar-refractivity contribution is -0.119. The van der Waals surface area contributed by atoms with Gasteiger partial charge in [0.2, 0.25) is 5.91 Å². The molecule has 2 aromatic rings. The van der Waals surface area contributed by atoms with Crippen LogP contribution in [0.2, 0.25) is 5.02 Å². The van der Waals surface area contributed by atoms with Crippen molar-refractivity contribution < 1.29 is 4.79 Å². The molecule has 1 amide bonds. The normalized spacial score (nSPS) is 13.0. The number of aromatic nitrogens is 2. The molecule has 6 heteroatoms. The summed E-state index contributed by atoms with van der Waals surface area (Å²) in [5.74, 6) is -0.252. The summed E-state index contributed by atoms with van der Waals surface area (Å²) in [4.78, 5) is 12.3. The molecule has 0 unspecified atom stereocenters. The minimum atomic E-state index is -0.623. The van der Waals surface area contributed by atoms with Crippen LogP contribution in [0.4, 0.5) is 5.69 Å². The Kier molecular flexibility index (Phi) is 4.34. The Labute approximate surface area is 129 Å². The summed E-state index contributed by atoms with van der Waals surface area (Å²) in [6.45, 7) is 5.76. The fourth-order valence-corrected chi connectivity index (χ4v) is 2.00. The van der Waals surface area contributed by atoms with Gasteiger partial charge in [-0.3, -0.25) is 4.79 Å². The van der Waals surface area contributed by atoms with E-state index in [1.165, 1.54) is 0 Å². The van der Waals surface area contributed by atoms with Crippen molar-refractivity contribution in [1.82, 2.24) is 9.78 Å². The number of carbonyl (C=O) groups excluding carboxylic acids is 1. The van der Waals surface area contributed by atoms with E-state index < -0.39 is 6.04 Å². The molecule has 0 saturated heterocycles. The number of hydrogen-bond donors (Lipinski definition) is 2. The number of nitrogens with two attached hydrogens (primary N) is 1. The van der Waals surface area contributed by atoms with Crippen molar-refractivity contribution in [2.45, 2.75) is 26.8 Å². The van der Waals surface area contributed by atoms with E-state index in [1.54, 1.807) is 41.3 Å². The standard InChI is InChI=1S/C15H19ClN4O/c1-15(2,3)13(17)14(21)19-11-9-10(16)5-6-12(11)20-8-4-7-18-20/h4-9,13H,17H2,1-3H3,(H,19,21)/t13-/m1/s1. The predicted octanol–water partition coefficient (Wildman–Crippen LogP) is 2.84. The summed E-state index contributed by atoms with van der Waals surface area (Å²) >= 11 is 6.02. The van der Waals surface area contributed by atoms with Crippen LogP contribution in [-0.4, -0.2) is 21.7 Å². The highest BCUT2D eigenvalue weighted by molar-refractivity contribution is 6.31. The third kappa shape index (κ3) is 3.62. The smallest absolute Gasteiger partial charge is 0.241 e. The monoisotopic (exact) mass is 306 g/mol. The van der Waals surface area contributed by atoms with Crippen LogP contribution < -0.4 is 11.1 Å². The number of hydrogen-bond acceptors (Lipinski definition) is 3. The maximum Gasteiger partial charge on any atom is 0.241 e. The molecule has 1 heterocycles. The molecule has 0 spiro atoms. The maximum atomic E-state index is 12.3. The second-order valence-electron chi connectivity index (χ2n) is 5.95. The summed E-state index contributed by atoms with van der Waals surface area (Å²) in [5.41, 5.74) is 6.97. The molecule has 0 aliphatic heterocycles. The highest BCUT2D eigenvalue weighted by Crippen LogP contribution is 2.25. The summed E-state index contributed by atoms with van der Waals surface area (Å²) in [5, 5.41) is 7.54. The minimum Gasteiger partial charge on any atom is -0.323 e. The Morgan fingerprint density at radius 2 is 2.14 bits per heavy atom. The lowest BCUT2D eigenvalue weighted by Crippen LogP contribution is -2.45. The Balaban J connectivity index is 2.32. The van der Waals surface area contributed by atoms with E-state index in [0.29, 0.717) is 10.7 Å². The quantitative estimate of drug-likeness (QED) is 0.916. The molecule has 0 fully saturated rings. The number of rotatable bonds is 3. The van der Waals surface area contributed by atoms with Gasteiger partial charge in [0, 0.05) is 17.4 Å². The second-order valence-corrected chi connectivity index (χ2v) is 6.38. The Morgan fingerprint density at radius 3 is 2.71 bits per heavy atom. The van der Waals surface area contributed by atoms with Crippen LogP contribution in [0.5, 0.6) is 0 Å². The molecule has 1 atom stereocenters. The van der Waals surface area contributed by atoms with Crippen molar-refractivity contribution in [3.05, 3.63) is 41.7 Å². The number of amides is 1. The molecule has 0 aliphatic carbocycles. The molecule has 3 N–H and O–H groups in total. The van der Waals surface area contributed by atoms with Gasteiger partial charge in [-0.2, -0.15) is 5.10 Å². The largest absolute Gasteiger partial charge is 0.323 e. The van der Waals surface area contributed by atoms with Crippen molar-refractivity contribution in [3.8, 4) is 5.69 Å². The van der Waals surface area contributed by atoms with E-state index in [1.807, 2.05) is 20.8 Å². The number of nitrogens with zero attached hydrogens (tertiary/aromatic N) is 2. The SMILES string of the molecule is CC(C)(C)[C@H](N)C(=O)Nc1cc(Cl)ccc1-n1cccn1. The van der Waals surface area contributed by atoms with Gasteiger partial charge in [-0.1, -0.05) is 32.4 Å². The fraction of sp³-hybridized carbons (Fsp3) is 0.333. The van der Waals surface area contributed by atoms with Gasteiger partial charge in [0.1, 0.15) is 0 Å². The van der Waals surface area contributed by atoms with Crippen molar-refractivity contribution in [3.63, 3.8) is 0 Å². The van der Waals surface area contributed by atoms with Gasteiger partial charge in [0.25, 0.3) is 0 Å². The zero-order valence-corrected chi connectivity index (χ0v) is 13.1. The molecule has 0 bridgehead atoms. The Morgan fingerprint density at radius 1 is 1.43 bits per heavy atom. The van der Waals surface area contributed by atoms with E-state index in [-0.39, 0.29) is 11.3 Å². The highest BCUT2D eigenvalue weighted by Gasteiger charge is 2.28. The van der Waals surface area contributed by atoms with E-state index in [0.717, 1.165) is 5.69 Å². The number of nitrogens with one attached hydrogen (secondary N) is 1. The fourth-order valence-electron chi connectivity index (χ4n) is 1.82. The van der Waals surface area contributed by atoms with Crippen LogP contribution in [0.15, 0.2) is 36.7 Å². The zero-order valence-electron chi connectivity index (χ0n) is 12.3. The van der Waals surface area contributed by atoms with Crippen LogP contribution in [-0.2, 0) is 4.79 Å². The number of anilines is 1. The molecule has 5 nitrogen and oxygen atoms in total. The van der Waals surface area contributed by atoms with Crippen LogP contribution in [0.1, 0.15) is 20.8 Å². The van der Waals surface area contributed by atoms with Gasteiger partial charge in [0.15, 0.2) is 0 Å². The first-order valence-corrected chi connectivity index (χ1v) is 7.03. The molecular formula is C15H19ClN4O. The first-order valence-electron chi connectivity index (χ1n) is 6.65. The summed E-state index contributed by atoms with van der Waals surface area (Å²) in [6, 6.07) is 6.42. The average Bonchev–Trinajstić information content (AvgIpc) is 2.90. The van der Waals surface area contributed by atoms with Crippen LogP contribution in [0, 0.1) is 5.41 Å². The number of benzene rings is 1. The van der Waals surface area contributed by atoms with E-state index in [4.69, 9.17) is 17.3 Å². The molecule has 2 rings (SSSR count). The summed E-state index contributed by atoms with van der Waals surface area (Å²) in [6.07, 6.45) is 3.46. The predicted molar refractivity (Wildman–Crippen MR) is 84.6 cm³/mol. The zero-order chi connectivity index (χ0) is 15.6. The lowest BCUT2D eigenvalue weighted by atomic mass is 9.87. The Hall–Kier alpha value is -1.85. The average molecular weight is 307 g/mol. The summed E-state index contributed by atoms with van der Waals surface area (Å²) in [7, 11) is 0. The number of halogens is 1. The minimum absolute atomic E-state index is 0.252. The summed E-state index contributed by atoms with van der Waals surface area (Å²) < 4.78 is 1.66. The first kappa shape index (κ1) is 15.5. The first-order chi connectivity index (χ1) is 9.79. The van der Waals surface area contributed by atoms with Gasteiger partial charge >= 0.3 is 0 Å². The molecular weight excluding hydrogens is 288 g/mol. The van der Waals surface area contributed by atoms with Gasteiger partial charge in [-0.15, -0.1) is 0 Å². The van der Waals surface area contributed by atoms with Crippen molar-refractivity contribution >= 4 is 23.2 Å². The lowest BCUT2D eigenvalue weighted by Gasteiger charge is -2.26. The van der Waals surface area contributed by atoms with E-state index in [9.17, 15) is 4.79 Å². The Bertz CT molecular complexity index is 632. The van der Waals surface area contributed by atoms with Gasteiger partial charge < -0.3 is 11.1 Å². The van der Waals surface area contributed by atoms with Crippen LogP contribution in [0.3, 0.4) is 0 Å². The van der Waals surface area contributed by atoms with E-state index in [2.05, 4.69) is 10.4 Å². The van der Waals surface area contributed by atoms with Crippen LogP contribution >= 0.6 is 11.6 Å².